The van der Waals surface area contributed by atoms with Crippen LogP contribution < -0.4 is 10.5 Å². The van der Waals surface area contributed by atoms with Gasteiger partial charge in [0.1, 0.15) is 11.6 Å². The van der Waals surface area contributed by atoms with E-state index in [1.807, 2.05) is 0 Å². The lowest BCUT2D eigenvalue weighted by atomic mass is 10.1. The summed E-state index contributed by atoms with van der Waals surface area (Å²) in [7, 11) is 1.52. The Hall–Kier alpha value is -1.09. The summed E-state index contributed by atoms with van der Waals surface area (Å²) in [6.45, 7) is 0. The molecule has 1 aromatic rings. The molecule has 0 saturated heterocycles. The van der Waals surface area contributed by atoms with Crippen LogP contribution in [-0.2, 0) is 5.54 Å². The van der Waals surface area contributed by atoms with E-state index >= 15 is 0 Å². The minimum Gasteiger partial charge on any atom is -0.497 e. The van der Waals surface area contributed by atoms with Gasteiger partial charge in [0.25, 0.3) is 0 Å². The predicted molar refractivity (Wildman–Crippen MR) is 48.1 cm³/mol. The molecule has 70 valence electrons. The number of ether oxygens (including phenoxy) is 1. The lowest BCUT2D eigenvalue weighted by Crippen LogP contribution is -2.18. The van der Waals surface area contributed by atoms with Gasteiger partial charge in [-0.05, 0) is 30.5 Å². The summed E-state index contributed by atoms with van der Waals surface area (Å²) in [6.07, 6.45) is 1.86. The van der Waals surface area contributed by atoms with E-state index in [9.17, 15) is 4.39 Å². The lowest BCUT2D eigenvalue weighted by Gasteiger charge is -2.10. The standard InChI is InChI=1S/C10H12FNO/c1-13-9-5-7(4-8(11)6-9)10(12)2-3-10/h4-6H,2-3,12H2,1H3. The van der Waals surface area contributed by atoms with Crippen molar-refractivity contribution in [1.82, 2.24) is 0 Å². The Kier molecular flexibility index (Phi) is 1.77. The minimum absolute atomic E-state index is 0.286. The van der Waals surface area contributed by atoms with Crippen LogP contribution in [0.1, 0.15) is 18.4 Å². The van der Waals surface area contributed by atoms with Gasteiger partial charge in [-0.3, -0.25) is 0 Å². The molecule has 1 aliphatic rings. The predicted octanol–water partition coefficient (Wildman–Crippen LogP) is 1.78. The number of hydrogen-bond donors (Lipinski definition) is 1. The smallest absolute Gasteiger partial charge is 0.127 e. The molecule has 2 N–H and O–H groups in total. The Balaban J connectivity index is 2.40. The van der Waals surface area contributed by atoms with Crippen LogP contribution >= 0.6 is 0 Å². The topological polar surface area (TPSA) is 35.2 Å². The third kappa shape index (κ3) is 1.52. The van der Waals surface area contributed by atoms with E-state index in [4.69, 9.17) is 10.5 Å². The summed E-state index contributed by atoms with van der Waals surface area (Å²) in [5.41, 5.74) is 6.48. The second-order valence-corrected chi connectivity index (χ2v) is 3.54. The van der Waals surface area contributed by atoms with E-state index in [-0.39, 0.29) is 11.4 Å². The number of halogens is 1. The number of rotatable bonds is 2. The van der Waals surface area contributed by atoms with Gasteiger partial charge in [0.05, 0.1) is 7.11 Å². The molecule has 0 heterocycles. The monoisotopic (exact) mass is 181 g/mol. The highest BCUT2D eigenvalue weighted by atomic mass is 19.1. The van der Waals surface area contributed by atoms with Gasteiger partial charge in [-0.25, -0.2) is 4.39 Å². The van der Waals surface area contributed by atoms with Crippen LogP contribution in [0.15, 0.2) is 18.2 Å². The van der Waals surface area contributed by atoms with Crippen molar-refractivity contribution in [3.05, 3.63) is 29.6 Å². The van der Waals surface area contributed by atoms with Gasteiger partial charge in [-0.1, -0.05) is 0 Å². The summed E-state index contributed by atoms with van der Waals surface area (Å²) in [5, 5.41) is 0. The van der Waals surface area contributed by atoms with Gasteiger partial charge < -0.3 is 10.5 Å². The van der Waals surface area contributed by atoms with E-state index in [2.05, 4.69) is 0 Å². The molecule has 0 amide bonds. The highest BCUT2D eigenvalue weighted by molar-refractivity contribution is 5.36. The molecule has 3 heteroatoms. The van der Waals surface area contributed by atoms with Gasteiger partial charge in [-0.2, -0.15) is 0 Å². The van der Waals surface area contributed by atoms with Crippen LogP contribution in [-0.4, -0.2) is 7.11 Å². The van der Waals surface area contributed by atoms with Crippen molar-refractivity contribution in [2.45, 2.75) is 18.4 Å². The molecule has 0 atom stereocenters. The van der Waals surface area contributed by atoms with Gasteiger partial charge in [0.2, 0.25) is 0 Å². The molecule has 1 saturated carbocycles. The molecule has 13 heavy (non-hydrogen) atoms. The van der Waals surface area contributed by atoms with Crippen molar-refractivity contribution < 1.29 is 9.13 Å². The molecule has 0 bridgehead atoms. The SMILES string of the molecule is COc1cc(F)cc(C2(N)CC2)c1. The highest BCUT2D eigenvalue weighted by Gasteiger charge is 2.40. The van der Waals surface area contributed by atoms with Gasteiger partial charge in [-0.15, -0.1) is 0 Å². The fourth-order valence-corrected chi connectivity index (χ4v) is 1.39. The average molecular weight is 181 g/mol. The fourth-order valence-electron chi connectivity index (χ4n) is 1.39. The van der Waals surface area contributed by atoms with Crippen LogP contribution in [0.5, 0.6) is 5.75 Å². The van der Waals surface area contributed by atoms with Crippen LogP contribution in [0.2, 0.25) is 0 Å². The minimum atomic E-state index is -0.296. The van der Waals surface area contributed by atoms with E-state index in [1.165, 1.54) is 19.2 Å². The third-order valence-corrected chi connectivity index (χ3v) is 2.47. The molecular formula is C10H12FNO. The highest BCUT2D eigenvalue weighted by Crippen LogP contribution is 2.43. The summed E-state index contributed by atoms with van der Waals surface area (Å²) >= 11 is 0. The van der Waals surface area contributed by atoms with Crippen molar-refractivity contribution in [3.63, 3.8) is 0 Å². The summed E-state index contributed by atoms with van der Waals surface area (Å²) in [5.74, 6) is 0.248. The molecule has 2 rings (SSSR count). The molecular weight excluding hydrogens is 169 g/mol. The Morgan fingerprint density at radius 2 is 2.08 bits per heavy atom. The first-order valence-corrected chi connectivity index (χ1v) is 4.28. The molecule has 0 aromatic heterocycles. The van der Waals surface area contributed by atoms with E-state index in [0.717, 1.165) is 18.4 Å². The van der Waals surface area contributed by atoms with Crippen molar-refractivity contribution in [3.8, 4) is 5.75 Å². The van der Waals surface area contributed by atoms with Crippen molar-refractivity contribution in [2.75, 3.05) is 7.11 Å². The summed E-state index contributed by atoms with van der Waals surface area (Å²) in [4.78, 5) is 0. The normalized spacial score (nSPS) is 18.4. The van der Waals surface area contributed by atoms with Crippen LogP contribution in [0.25, 0.3) is 0 Å². The molecule has 1 fully saturated rings. The molecule has 1 aromatic carbocycles. The third-order valence-electron chi connectivity index (χ3n) is 2.47. The molecule has 0 spiro atoms. The summed E-state index contributed by atoms with van der Waals surface area (Å²) < 4.78 is 18.0. The maximum absolute atomic E-state index is 13.0. The first-order chi connectivity index (χ1) is 6.14. The van der Waals surface area contributed by atoms with E-state index < -0.39 is 0 Å². The van der Waals surface area contributed by atoms with Crippen LogP contribution in [0.3, 0.4) is 0 Å². The number of hydrogen-bond acceptors (Lipinski definition) is 2. The Morgan fingerprint density at radius 1 is 1.38 bits per heavy atom. The van der Waals surface area contributed by atoms with Crippen LogP contribution in [0.4, 0.5) is 4.39 Å². The Labute approximate surface area is 76.5 Å². The number of methoxy groups -OCH3 is 1. The van der Waals surface area contributed by atoms with Gasteiger partial charge in [0.15, 0.2) is 0 Å². The molecule has 1 aliphatic carbocycles. The zero-order valence-electron chi connectivity index (χ0n) is 7.51. The zero-order valence-corrected chi connectivity index (χ0v) is 7.51. The van der Waals surface area contributed by atoms with E-state index in [0.29, 0.717) is 5.75 Å². The zero-order chi connectivity index (χ0) is 9.47. The number of benzene rings is 1. The first kappa shape index (κ1) is 8.51. The molecule has 0 unspecified atom stereocenters. The Morgan fingerprint density at radius 3 is 2.62 bits per heavy atom. The van der Waals surface area contributed by atoms with Gasteiger partial charge >= 0.3 is 0 Å². The summed E-state index contributed by atoms with van der Waals surface area (Å²) in [6, 6.07) is 4.64. The fraction of sp³-hybridized carbons (Fsp3) is 0.400. The molecule has 0 radical (unpaired) electrons. The van der Waals surface area contributed by atoms with Crippen molar-refractivity contribution in [2.24, 2.45) is 5.73 Å². The lowest BCUT2D eigenvalue weighted by molar-refractivity contribution is 0.410. The molecule has 2 nitrogen and oxygen atoms in total. The Bertz CT molecular complexity index is 334. The second-order valence-electron chi connectivity index (χ2n) is 3.54. The average Bonchev–Trinajstić information content (AvgIpc) is 2.84. The van der Waals surface area contributed by atoms with E-state index in [1.54, 1.807) is 6.07 Å². The van der Waals surface area contributed by atoms with Gasteiger partial charge in [0, 0.05) is 11.6 Å². The maximum Gasteiger partial charge on any atom is 0.127 e. The van der Waals surface area contributed by atoms with Crippen molar-refractivity contribution >= 4 is 0 Å². The first-order valence-electron chi connectivity index (χ1n) is 4.28. The second kappa shape index (κ2) is 2.70. The quantitative estimate of drug-likeness (QED) is 0.754. The number of nitrogens with two attached hydrogens (primary N) is 1. The maximum atomic E-state index is 13.0. The van der Waals surface area contributed by atoms with Crippen molar-refractivity contribution in [1.29, 1.82) is 0 Å². The molecule has 0 aliphatic heterocycles. The largest absolute Gasteiger partial charge is 0.497 e. The van der Waals surface area contributed by atoms with Crippen LogP contribution in [0, 0.1) is 5.82 Å².